The van der Waals surface area contributed by atoms with Crippen molar-refractivity contribution in [2.75, 3.05) is 26.3 Å². The van der Waals surface area contributed by atoms with E-state index in [1.165, 1.54) is 23.9 Å². The highest BCUT2D eigenvalue weighted by molar-refractivity contribution is 6.30. The van der Waals surface area contributed by atoms with E-state index in [1.807, 2.05) is 0 Å². The molecule has 1 aromatic rings. The maximum Gasteiger partial charge on any atom is 0.257 e. The van der Waals surface area contributed by atoms with E-state index >= 15 is 0 Å². The van der Waals surface area contributed by atoms with Gasteiger partial charge in [-0.15, -0.1) is 0 Å². The maximum absolute atomic E-state index is 13.3. The van der Waals surface area contributed by atoms with Crippen LogP contribution >= 0.6 is 23.2 Å². The summed E-state index contributed by atoms with van der Waals surface area (Å²) in [6, 6.07) is 3.85. The van der Waals surface area contributed by atoms with Gasteiger partial charge in [-0.25, -0.2) is 4.39 Å². The van der Waals surface area contributed by atoms with Gasteiger partial charge in [0, 0.05) is 18.1 Å². The Bertz CT molecular complexity index is 716. The van der Waals surface area contributed by atoms with Gasteiger partial charge in [0.15, 0.2) is 6.61 Å². The van der Waals surface area contributed by atoms with Crippen molar-refractivity contribution in [1.29, 1.82) is 0 Å². The molecule has 0 radical (unpaired) electrons. The lowest BCUT2D eigenvalue weighted by Crippen LogP contribution is -2.33. The smallest absolute Gasteiger partial charge is 0.257 e. The van der Waals surface area contributed by atoms with Crippen molar-refractivity contribution in [3.05, 3.63) is 53.0 Å². The molecule has 0 spiro atoms. The molecule has 2 amide bonds. The zero-order valence-corrected chi connectivity index (χ0v) is 17.1. The number of aliphatic hydroxyl groups excluding tert-OH is 1. The molecule has 0 aliphatic rings. The van der Waals surface area contributed by atoms with Gasteiger partial charge in [0.05, 0.1) is 30.4 Å². The van der Waals surface area contributed by atoms with Gasteiger partial charge in [-0.2, -0.15) is 0 Å². The summed E-state index contributed by atoms with van der Waals surface area (Å²) >= 11 is 10.9. The van der Waals surface area contributed by atoms with Gasteiger partial charge in [-0.05, 0) is 30.7 Å². The van der Waals surface area contributed by atoms with Crippen LogP contribution in [0.15, 0.2) is 42.1 Å². The van der Waals surface area contributed by atoms with Gasteiger partial charge in [-0.3, -0.25) is 9.59 Å². The number of carbonyl (C=O) groups excluding carboxylic acids is 2. The van der Waals surface area contributed by atoms with Crippen LogP contribution < -0.4 is 15.4 Å². The van der Waals surface area contributed by atoms with Crippen LogP contribution in [0.1, 0.15) is 12.8 Å². The number of carbonyl (C=O) groups is 2. The zero-order valence-electron chi connectivity index (χ0n) is 15.6. The Morgan fingerprint density at radius 3 is 2.69 bits per heavy atom. The average molecular weight is 449 g/mol. The summed E-state index contributed by atoms with van der Waals surface area (Å²) in [6.07, 6.45) is 3.82. The van der Waals surface area contributed by atoms with Crippen molar-refractivity contribution in [1.82, 2.24) is 10.6 Å². The Morgan fingerprint density at radius 1 is 1.21 bits per heavy atom. The molecule has 1 atom stereocenters. The number of benzene rings is 1. The molecular formula is C19H23Cl2FN2O5. The molecule has 7 nitrogen and oxygen atoms in total. The number of allylic oxidation sites excluding steroid dienone is 2. The first-order valence-electron chi connectivity index (χ1n) is 8.75. The summed E-state index contributed by atoms with van der Waals surface area (Å²) < 4.78 is 23.5. The topological polar surface area (TPSA) is 96.9 Å². The minimum Gasteiger partial charge on any atom is -0.499 e. The van der Waals surface area contributed by atoms with Crippen LogP contribution in [-0.4, -0.2) is 49.3 Å². The van der Waals surface area contributed by atoms with Gasteiger partial charge in [0.2, 0.25) is 5.91 Å². The molecule has 0 saturated heterocycles. The van der Waals surface area contributed by atoms with E-state index in [0.29, 0.717) is 6.54 Å². The lowest BCUT2D eigenvalue weighted by molar-refractivity contribution is -0.123. The monoisotopic (exact) mass is 448 g/mol. The molecule has 0 bridgehead atoms. The predicted octanol–water partition coefficient (Wildman–Crippen LogP) is 2.51. The van der Waals surface area contributed by atoms with Crippen LogP contribution in [0.4, 0.5) is 4.39 Å². The highest BCUT2D eigenvalue weighted by Crippen LogP contribution is 2.20. The predicted molar refractivity (Wildman–Crippen MR) is 108 cm³/mol. The number of hydrogen-bond acceptors (Lipinski definition) is 5. The van der Waals surface area contributed by atoms with Crippen molar-refractivity contribution < 1.29 is 28.6 Å². The van der Waals surface area contributed by atoms with Crippen molar-refractivity contribution in [2.24, 2.45) is 0 Å². The highest BCUT2D eigenvalue weighted by Gasteiger charge is 2.11. The molecule has 0 aromatic heterocycles. The molecule has 0 fully saturated rings. The van der Waals surface area contributed by atoms with E-state index < -0.39 is 17.8 Å². The second kappa shape index (κ2) is 14.7. The summed E-state index contributed by atoms with van der Waals surface area (Å²) in [6.45, 7) is 0.419. The van der Waals surface area contributed by atoms with Crippen LogP contribution in [0.2, 0.25) is 5.02 Å². The zero-order chi connectivity index (χ0) is 21.5. The molecule has 0 heterocycles. The molecule has 1 aromatic carbocycles. The molecule has 160 valence electrons. The van der Waals surface area contributed by atoms with E-state index in [1.54, 1.807) is 12.2 Å². The Balaban J connectivity index is 2.11. The SMILES string of the molecule is O=C(COc1ccc(Cl)c(F)c1)NCCC(O)CC(=O)NCCO/C=C/C=C/Cl. The third kappa shape index (κ3) is 12.0. The Morgan fingerprint density at radius 2 is 1.97 bits per heavy atom. The molecule has 0 aliphatic heterocycles. The number of halogens is 3. The molecule has 0 aliphatic carbocycles. The van der Waals surface area contributed by atoms with Crippen LogP contribution in [0.5, 0.6) is 5.75 Å². The van der Waals surface area contributed by atoms with Gasteiger partial charge < -0.3 is 25.2 Å². The molecule has 1 rings (SSSR count). The second-order valence-electron chi connectivity index (χ2n) is 5.73. The van der Waals surface area contributed by atoms with Gasteiger partial charge in [0.1, 0.15) is 18.2 Å². The van der Waals surface area contributed by atoms with Gasteiger partial charge in [-0.1, -0.05) is 23.2 Å². The minimum atomic E-state index is -0.906. The summed E-state index contributed by atoms with van der Waals surface area (Å²) in [5.74, 6) is -1.23. The molecule has 29 heavy (non-hydrogen) atoms. The van der Waals surface area contributed by atoms with Crippen LogP contribution in [0.25, 0.3) is 0 Å². The van der Waals surface area contributed by atoms with Crippen LogP contribution in [0, 0.1) is 5.82 Å². The van der Waals surface area contributed by atoms with E-state index in [2.05, 4.69) is 10.6 Å². The quantitative estimate of drug-likeness (QED) is 0.244. The molecule has 0 saturated carbocycles. The Labute approximate surface area is 178 Å². The normalized spacial score (nSPS) is 12.1. The van der Waals surface area contributed by atoms with Crippen molar-refractivity contribution in [3.63, 3.8) is 0 Å². The first-order valence-corrected chi connectivity index (χ1v) is 9.56. The Hall–Kier alpha value is -2.29. The number of rotatable bonds is 13. The lowest BCUT2D eigenvalue weighted by atomic mass is 10.2. The second-order valence-corrected chi connectivity index (χ2v) is 6.39. The standard InChI is InChI=1S/C19H23Cl2FN2O5/c20-6-1-2-9-28-10-8-24-18(26)11-14(25)5-7-23-19(27)13-29-15-3-4-16(21)17(22)12-15/h1-4,6,9,12,14,25H,5,7-8,10-11,13H2,(H,23,27)(H,24,26)/b6-1+,9-2+. The summed E-state index contributed by atoms with van der Waals surface area (Å²) in [4.78, 5) is 23.4. The summed E-state index contributed by atoms with van der Waals surface area (Å²) in [5.41, 5.74) is 1.33. The first kappa shape index (κ1) is 24.7. The van der Waals surface area contributed by atoms with Crippen molar-refractivity contribution >= 4 is 35.0 Å². The fourth-order valence-electron chi connectivity index (χ4n) is 1.99. The fraction of sp³-hybridized carbons (Fsp3) is 0.368. The summed E-state index contributed by atoms with van der Waals surface area (Å²) in [7, 11) is 0. The first-order chi connectivity index (χ1) is 13.9. The lowest BCUT2D eigenvalue weighted by Gasteiger charge is -2.12. The van der Waals surface area contributed by atoms with Crippen molar-refractivity contribution in [3.8, 4) is 5.75 Å². The Kier molecular flexibility index (Phi) is 12.5. The van der Waals surface area contributed by atoms with E-state index in [4.69, 9.17) is 32.7 Å². The van der Waals surface area contributed by atoms with E-state index in [9.17, 15) is 19.1 Å². The highest BCUT2D eigenvalue weighted by atomic mass is 35.5. The molecular weight excluding hydrogens is 426 g/mol. The number of aliphatic hydroxyl groups is 1. The minimum absolute atomic E-state index is 0.0381. The maximum atomic E-state index is 13.3. The third-order valence-electron chi connectivity index (χ3n) is 3.38. The van der Waals surface area contributed by atoms with Gasteiger partial charge in [0.25, 0.3) is 5.91 Å². The number of hydrogen-bond donors (Lipinski definition) is 3. The molecule has 10 heteroatoms. The van der Waals surface area contributed by atoms with E-state index in [0.717, 1.165) is 6.07 Å². The number of ether oxygens (including phenoxy) is 2. The average Bonchev–Trinajstić information content (AvgIpc) is 2.68. The molecule has 3 N–H and O–H groups in total. The number of nitrogens with one attached hydrogen (secondary N) is 2. The fourth-order valence-corrected chi connectivity index (χ4v) is 2.19. The summed E-state index contributed by atoms with van der Waals surface area (Å²) in [5, 5.41) is 14.9. The van der Waals surface area contributed by atoms with Gasteiger partial charge >= 0.3 is 0 Å². The van der Waals surface area contributed by atoms with Crippen LogP contribution in [0.3, 0.4) is 0 Å². The van der Waals surface area contributed by atoms with E-state index in [-0.39, 0.29) is 49.3 Å². The largest absolute Gasteiger partial charge is 0.499 e. The number of amides is 2. The third-order valence-corrected chi connectivity index (χ3v) is 3.83. The molecule has 1 unspecified atom stereocenters. The van der Waals surface area contributed by atoms with Crippen molar-refractivity contribution in [2.45, 2.75) is 18.9 Å². The van der Waals surface area contributed by atoms with Crippen LogP contribution in [-0.2, 0) is 14.3 Å².